The highest BCUT2D eigenvalue weighted by molar-refractivity contribution is 6.09. The lowest BCUT2D eigenvalue weighted by molar-refractivity contribution is 1.18. The Balaban J connectivity index is 1.16. The first-order chi connectivity index (χ1) is 24.6. The predicted octanol–water partition coefficient (Wildman–Crippen LogP) is 13.3. The van der Waals surface area contributed by atoms with Crippen molar-refractivity contribution in [2.45, 2.75) is 6.92 Å². The predicted molar refractivity (Wildman–Crippen MR) is 215 cm³/mol. The molecule has 1 nitrogen and oxygen atoms in total. The summed E-state index contributed by atoms with van der Waals surface area (Å²) < 4.78 is 2.37. The van der Waals surface area contributed by atoms with Crippen molar-refractivity contribution in [1.29, 1.82) is 0 Å². The Morgan fingerprint density at radius 1 is 0.440 bits per heavy atom. The third kappa shape index (κ3) is 6.14. The number of aromatic nitrogens is 1. The van der Waals surface area contributed by atoms with E-state index in [-0.39, 0.29) is 0 Å². The van der Waals surface area contributed by atoms with Crippen LogP contribution in [0.25, 0.3) is 66.5 Å². The van der Waals surface area contributed by atoms with Gasteiger partial charge in [-0.3, -0.25) is 0 Å². The van der Waals surface area contributed by atoms with Crippen molar-refractivity contribution < 1.29 is 0 Å². The zero-order valence-corrected chi connectivity index (χ0v) is 28.1. The van der Waals surface area contributed by atoms with Gasteiger partial charge in [-0.25, -0.2) is 0 Å². The van der Waals surface area contributed by atoms with Crippen molar-refractivity contribution in [3.8, 4) is 27.9 Å². The van der Waals surface area contributed by atoms with E-state index in [4.69, 9.17) is 0 Å². The quantitative estimate of drug-likeness (QED) is 0.146. The summed E-state index contributed by atoms with van der Waals surface area (Å²) in [7, 11) is 0. The van der Waals surface area contributed by atoms with Crippen LogP contribution in [0.2, 0.25) is 0 Å². The molecular formula is C49H37N. The Kier molecular flexibility index (Phi) is 8.39. The molecule has 0 aliphatic carbocycles. The molecule has 1 heterocycles. The number of allylic oxidation sites excluding steroid dienone is 5. The van der Waals surface area contributed by atoms with Gasteiger partial charge < -0.3 is 4.57 Å². The molecule has 0 aliphatic heterocycles. The molecule has 0 N–H and O–H groups in total. The topological polar surface area (TPSA) is 4.93 Å². The second-order valence-corrected chi connectivity index (χ2v) is 12.8. The number of fused-ring (bicyclic) bond motifs is 3. The molecule has 0 saturated carbocycles. The molecular weight excluding hydrogens is 603 g/mol. The van der Waals surface area contributed by atoms with Gasteiger partial charge in [0.15, 0.2) is 0 Å². The van der Waals surface area contributed by atoms with Crippen LogP contribution in [0, 0.1) is 0 Å². The number of benzene rings is 7. The van der Waals surface area contributed by atoms with E-state index in [0.29, 0.717) is 0 Å². The molecule has 0 unspecified atom stereocenters. The molecule has 0 bridgehead atoms. The average molecular weight is 640 g/mol. The summed E-state index contributed by atoms with van der Waals surface area (Å²) in [5.41, 5.74) is 15.0. The number of rotatable bonds is 8. The lowest BCUT2D eigenvalue weighted by Gasteiger charge is -2.12. The van der Waals surface area contributed by atoms with Crippen molar-refractivity contribution in [2.24, 2.45) is 0 Å². The lowest BCUT2D eigenvalue weighted by Crippen LogP contribution is -1.94. The number of hydrogen-bond acceptors (Lipinski definition) is 0. The van der Waals surface area contributed by atoms with E-state index >= 15 is 0 Å². The van der Waals surface area contributed by atoms with Crippen LogP contribution in [0.4, 0.5) is 0 Å². The van der Waals surface area contributed by atoms with Gasteiger partial charge in [0.25, 0.3) is 0 Å². The highest BCUT2D eigenvalue weighted by Crippen LogP contribution is 2.34. The van der Waals surface area contributed by atoms with Gasteiger partial charge >= 0.3 is 0 Å². The Bertz CT molecular complexity index is 2470. The Labute approximate surface area is 294 Å². The molecule has 0 aliphatic rings. The summed E-state index contributed by atoms with van der Waals surface area (Å²) >= 11 is 0. The largest absolute Gasteiger partial charge is 0.309 e. The van der Waals surface area contributed by atoms with Crippen LogP contribution in [0.15, 0.2) is 201 Å². The minimum absolute atomic E-state index is 0.963. The second kappa shape index (κ2) is 13.6. The zero-order valence-electron chi connectivity index (χ0n) is 28.1. The fourth-order valence-corrected chi connectivity index (χ4v) is 6.91. The molecule has 0 atom stereocenters. The van der Waals surface area contributed by atoms with E-state index in [0.717, 1.165) is 33.5 Å². The molecule has 50 heavy (non-hydrogen) atoms. The maximum Gasteiger partial charge on any atom is 0.0541 e. The highest BCUT2D eigenvalue weighted by Gasteiger charge is 2.13. The minimum atomic E-state index is 0.963. The van der Waals surface area contributed by atoms with Crippen LogP contribution >= 0.6 is 0 Å². The van der Waals surface area contributed by atoms with Crippen LogP contribution in [-0.2, 0) is 0 Å². The van der Waals surface area contributed by atoms with Gasteiger partial charge in [-0.15, -0.1) is 0 Å². The molecule has 0 fully saturated rings. The minimum Gasteiger partial charge on any atom is -0.309 e. The zero-order chi connectivity index (χ0) is 33.9. The van der Waals surface area contributed by atoms with Crippen LogP contribution in [0.1, 0.15) is 23.6 Å². The molecule has 0 radical (unpaired) electrons. The summed E-state index contributed by atoms with van der Waals surface area (Å²) in [5, 5.41) is 2.53. The second-order valence-electron chi connectivity index (χ2n) is 12.8. The first-order valence-corrected chi connectivity index (χ1v) is 17.1. The molecule has 1 aromatic heterocycles. The molecule has 8 rings (SSSR count). The Hall–Kier alpha value is -6.44. The number of hydrogen-bond donors (Lipinski definition) is 0. The Morgan fingerprint density at radius 2 is 0.960 bits per heavy atom. The van der Waals surface area contributed by atoms with E-state index in [1.807, 2.05) is 0 Å². The van der Waals surface area contributed by atoms with E-state index in [2.05, 4.69) is 212 Å². The van der Waals surface area contributed by atoms with Crippen molar-refractivity contribution in [3.63, 3.8) is 0 Å². The van der Waals surface area contributed by atoms with Gasteiger partial charge in [0.2, 0.25) is 0 Å². The number of nitrogens with zero attached hydrogens (tertiary/aromatic N) is 1. The summed E-state index contributed by atoms with van der Waals surface area (Å²) in [5.74, 6) is 0. The molecule has 238 valence electrons. The summed E-state index contributed by atoms with van der Waals surface area (Å²) in [4.78, 5) is 0. The highest BCUT2D eigenvalue weighted by atomic mass is 15.0. The smallest absolute Gasteiger partial charge is 0.0541 e. The van der Waals surface area contributed by atoms with Gasteiger partial charge in [0.05, 0.1) is 11.0 Å². The lowest BCUT2D eigenvalue weighted by atomic mass is 9.94. The standard InChI is InChI=1S/C49H37N/c1-35(37-15-5-3-6-16-37)31-44(40-29-27-39(28-30-40)38-17-7-4-8-18-38)32-36(2)41-19-13-20-42(33-41)43-21-14-22-45(34-43)50-48-25-11-9-23-46(48)47-24-10-12-26-49(47)50/h3-34H,2H2,1H3/b35-31+,44-32+. The normalized spacial score (nSPS) is 12.0. The van der Waals surface area contributed by atoms with Crippen molar-refractivity contribution in [1.82, 2.24) is 4.57 Å². The van der Waals surface area contributed by atoms with E-state index in [1.54, 1.807) is 0 Å². The Morgan fingerprint density at radius 3 is 1.64 bits per heavy atom. The van der Waals surface area contributed by atoms with Gasteiger partial charge in [-0.1, -0.05) is 164 Å². The van der Waals surface area contributed by atoms with E-state index in [9.17, 15) is 0 Å². The molecule has 7 aromatic carbocycles. The SMILES string of the molecule is C=C(/C=C(\C=C(/C)c1ccccc1)c1ccc(-c2ccccc2)cc1)c1cccc(-c2cccc(-n3c4ccccc4c4ccccc43)c2)c1. The van der Waals surface area contributed by atoms with Gasteiger partial charge in [0, 0.05) is 16.5 Å². The third-order valence-electron chi connectivity index (χ3n) is 9.51. The van der Waals surface area contributed by atoms with Gasteiger partial charge in [0.1, 0.15) is 0 Å². The fourth-order valence-electron chi connectivity index (χ4n) is 6.91. The average Bonchev–Trinajstić information content (AvgIpc) is 3.53. The molecule has 8 aromatic rings. The number of para-hydroxylation sites is 2. The van der Waals surface area contributed by atoms with Crippen LogP contribution < -0.4 is 0 Å². The van der Waals surface area contributed by atoms with Crippen molar-refractivity contribution in [2.75, 3.05) is 0 Å². The van der Waals surface area contributed by atoms with Crippen molar-refractivity contribution >= 4 is 38.5 Å². The summed E-state index contributed by atoms with van der Waals surface area (Å²) in [6, 6.07) is 64.8. The van der Waals surface area contributed by atoms with Crippen LogP contribution in [-0.4, -0.2) is 4.57 Å². The first kappa shape index (κ1) is 30.9. The van der Waals surface area contributed by atoms with E-state index in [1.165, 1.54) is 49.6 Å². The summed E-state index contributed by atoms with van der Waals surface area (Å²) in [6.07, 6.45) is 4.49. The molecule has 0 saturated heterocycles. The van der Waals surface area contributed by atoms with Crippen LogP contribution in [0.3, 0.4) is 0 Å². The maximum absolute atomic E-state index is 4.59. The molecule has 0 amide bonds. The van der Waals surface area contributed by atoms with Gasteiger partial charge in [-0.05, 0) is 99.0 Å². The van der Waals surface area contributed by atoms with Crippen molar-refractivity contribution in [3.05, 3.63) is 217 Å². The maximum atomic E-state index is 4.59. The molecule has 0 spiro atoms. The molecule has 1 heteroatoms. The fraction of sp³-hybridized carbons (Fsp3) is 0.0204. The monoisotopic (exact) mass is 639 g/mol. The summed E-state index contributed by atoms with van der Waals surface area (Å²) in [6.45, 7) is 6.76. The van der Waals surface area contributed by atoms with Gasteiger partial charge in [-0.2, -0.15) is 0 Å². The first-order valence-electron chi connectivity index (χ1n) is 17.1. The van der Waals surface area contributed by atoms with Crippen LogP contribution in [0.5, 0.6) is 0 Å². The van der Waals surface area contributed by atoms with E-state index < -0.39 is 0 Å². The third-order valence-corrected chi connectivity index (χ3v) is 9.51.